The minimum Gasteiger partial charge on any atom is -0.476 e. The van der Waals surface area contributed by atoms with E-state index in [2.05, 4.69) is 0 Å². The fourth-order valence-corrected chi connectivity index (χ4v) is 2.98. The zero-order valence-electron chi connectivity index (χ0n) is 12.9. The number of ether oxygens (including phenoxy) is 2. The first kappa shape index (κ1) is 17.7. The Kier molecular flexibility index (Phi) is 4.98. The first-order valence-electron chi connectivity index (χ1n) is 7.05. The molecule has 0 bridgehead atoms. The SMILES string of the molecule is CCOC(=O)/C=C1/O[C@@](c2ccc(SC)cc2)(C(F)(F)F)[C@@H]1C. The van der Waals surface area contributed by atoms with E-state index < -0.39 is 23.7 Å². The van der Waals surface area contributed by atoms with Crippen molar-refractivity contribution in [2.24, 2.45) is 5.92 Å². The monoisotopic (exact) mass is 346 g/mol. The molecule has 0 spiro atoms. The van der Waals surface area contributed by atoms with Gasteiger partial charge in [-0.15, -0.1) is 11.8 Å². The number of carbonyl (C=O) groups is 1. The van der Waals surface area contributed by atoms with Gasteiger partial charge in [-0.25, -0.2) is 4.79 Å². The summed E-state index contributed by atoms with van der Waals surface area (Å²) in [6.07, 6.45) is -1.77. The summed E-state index contributed by atoms with van der Waals surface area (Å²) >= 11 is 1.44. The van der Waals surface area contributed by atoms with E-state index in [-0.39, 0.29) is 17.9 Å². The molecule has 1 fully saturated rings. The number of hydrogen-bond acceptors (Lipinski definition) is 4. The van der Waals surface area contributed by atoms with Crippen LogP contribution in [0.1, 0.15) is 19.4 Å². The predicted octanol–water partition coefficient (Wildman–Crippen LogP) is 4.28. The van der Waals surface area contributed by atoms with Crippen molar-refractivity contribution >= 4 is 17.7 Å². The molecule has 2 atom stereocenters. The summed E-state index contributed by atoms with van der Waals surface area (Å²) in [5.41, 5.74) is -2.40. The summed E-state index contributed by atoms with van der Waals surface area (Å²) < 4.78 is 50.8. The number of esters is 1. The van der Waals surface area contributed by atoms with Crippen molar-refractivity contribution in [3.8, 4) is 0 Å². The number of hydrogen-bond donors (Lipinski definition) is 0. The van der Waals surface area contributed by atoms with Crippen molar-refractivity contribution < 1.29 is 27.4 Å². The quantitative estimate of drug-likeness (QED) is 0.463. The van der Waals surface area contributed by atoms with Crippen LogP contribution in [0.3, 0.4) is 0 Å². The minimum atomic E-state index is -4.60. The highest BCUT2D eigenvalue weighted by Crippen LogP contribution is 2.58. The van der Waals surface area contributed by atoms with Gasteiger partial charge in [0.15, 0.2) is 0 Å². The van der Waals surface area contributed by atoms with Gasteiger partial charge in [-0.2, -0.15) is 13.2 Å². The Hall–Kier alpha value is -1.63. The highest BCUT2D eigenvalue weighted by molar-refractivity contribution is 7.98. The summed E-state index contributed by atoms with van der Waals surface area (Å²) in [4.78, 5) is 12.3. The summed E-state index contributed by atoms with van der Waals surface area (Å²) in [6, 6.07) is 6.07. The molecule has 0 amide bonds. The maximum Gasteiger partial charge on any atom is 0.433 e. The standard InChI is InChI=1S/C16H17F3O3S/c1-4-21-14(20)9-13-10(2)15(22-13,16(17,18)19)11-5-7-12(23-3)8-6-11/h5-10H,4H2,1-3H3/b13-9+/t10-,15+/m1/s1. The first-order valence-corrected chi connectivity index (χ1v) is 8.27. The molecule has 1 aliphatic heterocycles. The molecule has 0 radical (unpaired) electrons. The summed E-state index contributed by atoms with van der Waals surface area (Å²) in [5.74, 6) is -1.73. The topological polar surface area (TPSA) is 35.5 Å². The lowest BCUT2D eigenvalue weighted by Gasteiger charge is -2.50. The maximum absolute atomic E-state index is 13.7. The van der Waals surface area contributed by atoms with Gasteiger partial charge in [-0.05, 0) is 25.3 Å². The largest absolute Gasteiger partial charge is 0.476 e. The van der Waals surface area contributed by atoms with Gasteiger partial charge >= 0.3 is 12.1 Å². The van der Waals surface area contributed by atoms with Crippen molar-refractivity contribution in [2.45, 2.75) is 30.5 Å². The number of alkyl halides is 3. The summed E-state index contributed by atoms with van der Waals surface area (Å²) in [5, 5.41) is 0. The molecular weight excluding hydrogens is 329 g/mol. The Morgan fingerprint density at radius 2 is 2.00 bits per heavy atom. The number of halogens is 3. The average Bonchev–Trinajstić information content (AvgIpc) is 2.50. The van der Waals surface area contributed by atoms with Crippen LogP contribution in [0.2, 0.25) is 0 Å². The molecule has 1 heterocycles. The van der Waals surface area contributed by atoms with Crippen molar-refractivity contribution in [2.75, 3.05) is 12.9 Å². The molecule has 0 aromatic heterocycles. The van der Waals surface area contributed by atoms with Crippen LogP contribution in [-0.4, -0.2) is 25.0 Å². The smallest absolute Gasteiger partial charge is 0.433 e. The Morgan fingerprint density at radius 3 is 2.43 bits per heavy atom. The molecule has 3 nitrogen and oxygen atoms in total. The van der Waals surface area contributed by atoms with Gasteiger partial charge < -0.3 is 9.47 Å². The Labute approximate surface area is 136 Å². The molecule has 23 heavy (non-hydrogen) atoms. The zero-order valence-corrected chi connectivity index (χ0v) is 13.8. The van der Waals surface area contributed by atoms with E-state index in [1.54, 1.807) is 19.1 Å². The van der Waals surface area contributed by atoms with Crippen LogP contribution in [0.5, 0.6) is 0 Å². The Balaban J connectivity index is 2.35. The van der Waals surface area contributed by atoms with Crippen molar-refractivity contribution in [1.29, 1.82) is 0 Å². The third-order valence-corrected chi connectivity index (χ3v) is 4.55. The summed E-state index contributed by atoms with van der Waals surface area (Å²) in [7, 11) is 0. The minimum absolute atomic E-state index is 0.0188. The number of thioether (sulfide) groups is 1. The van der Waals surface area contributed by atoms with Crippen LogP contribution in [0.15, 0.2) is 41.0 Å². The number of benzene rings is 1. The van der Waals surface area contributed by atoms with Crippen molar-refractivity contribution in [3.05, 3.63) is 41.7 Å². The van der Waals surface area contributed by atoms with E-state index in [9.17, 15) is 18.0 Å². The van der Waals surface area contributed by atoms with Gasteiger partial charge in [-0.1, -0.05) is 19.1 Å². The van der Waals surface area contributed by atoms with Gasteiger partial charge in [0.25, 0.3) is 0 Å². The zero-order chi connectivity index (χ0) is 17.3. The molecule has 1 saturated heterocycles. The van der Waals surface area contributed by atoms with Gasteiger partial charge in [0.1, 0.15) is 5.76 Å². The van der Waals surface area contributed by atoms with Gasteiger partial charge in [0.05, 0.1) is 18.6 Å². The van der Waals surface area contributed by atoms with Crippen molar-refractivity contribution in [1.82, 2.24) is 0 Å². The fraction of sp³-hybridized carbons (Fsp3) is 0.438. The van der Waals surface area contributed by atoms with Crippen molar-refractivity contribution in [3.63, 3.8) is 0 Å². The molecule has 1 aliphatic rings. The lowest BCUT2D eigenvalue weighted by atomic mass is 9.75. The predicted molar refractivity (Wildman–Crippen MR) is 80.9 cm³/mol. The van der Waals surface area contributed by atoms with Gasteiger partial charge in [0.2, 0.25) is 5.60 Å². The molecule has 2 rings (SSSR count). The lowest BCUT2D eigenvalue weighted by Crippen LogP contribution is -2.58. The third-order valence-electron chi connectivity index (χ3n) is 3.80. The molecular formula is C16H17F3O3S. The average molecular weight is 346 g/mol. The van der Waals surface area contributed by atoms with E-state index in [0.29, 0.717) is 0 Å². The van der Waals surface area contributed by atoms with E-state index >= 15 is 0 Å². The van der Waals surface area contributed by atoms with Crippen LogP contribution in [0, 0.1) is 5.92 Å². The Bertz CT molecular complexity index is 610. The number of carbonyl (C=O) groups excluding carboxylic acids is 1. The van der Waals surface area contributed by atoms with Gasteiger partial charge in [-0.3, -0.25) is 0 Å². The second kappa shape index (κ2) is 6.47. The van der Waals surface area contributed by atoms with E-state index in [0.717, 1.165) is 11.0 Å². The van der Waals surface area contributed by atoms with Crippen LogP contribution in [0.25, 0.3) is 0 Å². The molecule has 1 aromatic rings. The van der Waals surface area contributed by atoms with Crippen LogP contribution >= 0.6 is 11.8 Å². The first-order chi connectivity index (χ1) is 10.8. The fourth-order valence-electron chi connectivity index (χ4n) is 2.57. The van der Waals surface area contributed by atoms with E-state index in [4.69, 9.17) is 9.47 Å². The lowest BCUT2D eigenvalue weighted by molar-refractivity contribution is -0.332. The van der Waals surface area contributed by atoms with E-state index in [1.807, 2.05) is 6.26 Å². The molecule has 7 heteroatoms. The molecule has 0 N–H and O–H groups in total. The van der Waals surface area contributed by atoms with Crippen LogP contribution in [0.4, 0.5) is 13.2 Å². The summed E-state index contributed by atoms with van der Waals surface area (Å²) in [6.45, 7) is 3.16. The highest BCUT2D eigenvalue weighted by Gasteiger charge is 2.69. The molecule has 0 saturated carbocycles. The number of rotatable bonds is 4. The normalized spacial score (nSPS) is 25.7. The third kappa shape index (κ3) is 3.06. The van der Waals surface area contributed by atoms with Crippen LogP contribution < -0.4 is 0 Å². The molecule has 0 unspecified atom stereocenters. The molecule has 126 valence electrons. The molecule has 0 aliphatic carbocycles. The maximum atomic E-state index is 13.7. The second-order valence-corrected chi connectivity index (χ2v) is 5.96. The molecule has 1 aromatic carbocycles. The van der Waals surface area contributed by atoms with Crippen LogP contribution in [-0.2, 0) is 19.9 Å². The van der Waals surface area contributed by atoms with Gasteiger partial charge in [0, 0.05) is 10.5 Å². The van der Waals surface area contributed by atoms with E-state index in [1.165, 1.54) is 30.8 Å². The second-order valence-electron chi connectivity index (χ2n) is 5.08. The Morgan fingerprint density at radius 1 is 1.39 bits per heavy atom. The highest BCUT2D eigenvalue weighted by atomic mass is 32.2.